The average molecular weight is 407 g/mol. The number of carbonyl (C=O) groups is 2. The normalized spacial score (nSPS) is 14.1. The Balaban J connectivity index is 1.48. The van der Waals surface area contributed by atoms with Crippen LogP contribution in [0.25, 0.3) is 5.69 Å². The lowest BCUT2D eigenvalue weighted by Gasteiger charge is -2.26. The van der Waals surface area contributed by atoms with Gasteiger partial charge in [-0.2, -0.15) is 0 Å². The molecule has 3 aromatic rings. The summed E-state index contributed by atoms with van der Waals surface area (Å²) in [4.78, 5) is 26.6. The van der Waals surface area contributed by atoms with E-state index >= 15 is 0 Å². The van der Waals surface area contributed by atoms with Crippen LogP contribution < -0.4 is 5.32 Å². The van der Waals surface area contributed by atoms with Crippen LogP contribution in [0.5, 0.6) is 0 Å². The van der Waals surface area contributed by atoms with Gasteiger partial charge in [0.15, 0.2) is 5.69 Å². The van der Waals surface area contributed by atoms with E-state index in [2.05, 4.69) is 15.6 Å². The third-order valence-electron chi connectivity index (χ3n) is 5.16. The molecule has 0 bridgehead atoms. The molecule has 30 heavy (non-hydrogen) atoms. The fourth-order valence-electron chi connectivity index (χ4n) is 3.55. The van der Waals surface area contributed by atoms with Crippen LogP contribution in [-0.2, 0) is 11.3 Å². The monoisotopic (exact) mass is 407 g/mol. The van der Waals surface area contributed by atoms with Gasteiger partial charge in [0.1, 0.15) is 5.82 Å². The zero-order valence-electron chi connectivity index (χ0n) is 16.6. The van der Waals surface area contributed by atoms with E-state index in [0.29, 0.717) is 30.0 Å². The highest BCUT2D eigenvalue weighted by molar-refractivity contribution is 6.03. The maximum Gasteiger partial charge on any atom is 0.278 e. The molecule has 0 aliphatic carbocycles. The smallest absolute Gasteiger partial charge is 0.278 e. The lowest BCUT2D eigenvalue weighted by atomic mass is 10.1. The Bertz CT molecular complexity index is 1080. The first-order valence-corrected chi connectivity index (χ1v) is 9.87. The number of nitrogens with one attached hydrogen (secondary N) is 1. The van der Waals surface area contributed by atoms with Crippen LogP contribution in [0.15, 0.2) is 48.5 Å². The summed E-state index contributed by atoms with van der Waals surface area (Å²) in [6, 6.07) is 13.2. The Labute approximate surface area is 173 Å². The maximum absolute atomic E-state index is 13.1. The lowest BCUT2D eigenvalue weighted by molar-refractivity contribution is -0.133. The van der Waals surface area contributed by atoms with Crippen molar-refractivity contribution in [2.45, 2.75) is 32.7 Å². The Morgan fingerprint density at radius 1 is 1.17 bits per heavy atom. The van der Waals surface area contributed by atoms with E-state index < -0.39 is 0 Å². The average Bonchev–Trinajstić information content (AvgIpc) is 3.12. The number of anilines is 1. The zero-order chi connectivity index (χ0) is 21.1. The van der Waals surface area contributed by atoms with Gasteiger partial charge in [0.25, 0.3) is 5.91 Å². The number of likely N-dealkylation sites (tertiary alicyclic amines) is 1. The molecule has 2 heterocycles. The molecule has 8 heteroatoms. The molecule has 1 saturated heterocycles. The number of hydrogen-bond donors (Lipinski definition) is 1. The Hall–Kier alpha value is -3.55. The highest BCUT2D eigenvalue weighted by atomic mass is 19.1. The lowest BCUT2D eigenvalue weighted by Crippen LogP contribution is -2.34. The van der Waals surface area contributed by atoms with Gasteiger partial charge in [0.2, 0.25) is 5.91 Å². The topological polar surface area (TPSA) is 80.1 Å². The maximum atomic E-state index is 13.1. The number of amides is 2. The second-order valence-corrected chi connectivity index (χ2v) is 7.34. The predicted octanol–water partition coefficient (Wildman–Crippen LogP) is 3.48. The number of carbonyl (C=O) groups excluding carboxylic acids is 2. The Kier molecular flexibility index (Phi) is 5.56. The molecule has 1 fully saturated rings. The van der Waals surface area contributed by atoms with Crippen molar-refractivity contribution in [1.29, 1.82) is 0 Å². The largest absolute Gasteiger partial charge is 0.338 e. The fourth-order valence-corrected chi connectivity index (χ4v) is 3.55. The second kappa shape index (κ2) is 8.44. The third kappa shape index (κ3) is 4.22. The van der Waals surface area contributed by atoms with Crippen molar-refractivity contribution in [3.63, 3.8) is 0 Å². The second-order valence-electron chi connectivity index (χ2n) is 7.34. The summed E-state index contributed by atoms with van der Waals surface area (Å²) in [6.07, 6.45) is 2.56. The summed E-state index contributed by atoms with van der Waals surface area (Å²) in [5.74, 6) is -0.559. The SMILES string of the molecule is Cc1c(C(=O)Nc2cccc(CN3CCCCC3=O)c2)nnn1-c1ccc(F)cc1. The van der Waals surface area contributed by atoms with Crippen molar-refractivity contribution < 1.29 is 14.0 Å². The first-order valence-electron chi connectivity index (χ1n) is 9.87. The fraction of sp³-hybridized carbons (Fsp3) is 0.273. The van der Waals surface area contributed by atoms with E-state index in [-0.39, 0.29) is 23.3 Å². The first-order chi connectivity index (χ1) is 14.5. The molecule has 0 radical (unpaired) electrons. The molecule has 1 aliphatic heterocycles. The summed E-state index contributed by atoms with van der Waals surface area (Å²) >= 11 is 0. The first kappa shape index (κ1) is 19.8. The summed E-state index contributed by atoms with van der Waals surface area (Å²) < 4.78 is 14.6. The number of aromatic nitrogens is 3. The van der Waals surface area contributed by atoms with Crippen LogP contribution in [0.1, 0.15) is 41.0 Å². The number of rotatable bonds is 5. The standard InChI is InChI=1S/C22H22FN5O2/c1-15-21(25-26-28(15)19-10-8-17(23)9-11-19)22(30)24-18-6-4-5-16(13-18)14-27-12-3-2-7-20(27)29/h4-6,8-11,13H,2-3,7,12,14H2,1H3,(H,24,30). The Morgan fingerprint density at radius 2 is 1.97 bits per heavy atom. The number of benzene rings is 2. The van der Waals surface area contributed by atoms with Gasteiger partial charge in [-0.25, -0.2) is 9.07 Å². The van der Waals surface area contributed by atoms with Gasteiger partial charge in [-0.1, -0.05) is 17.3 Å². The van der Waals surface area contributed by atoms with Crippen LogP contribution in [0, 0.1) is 12.7 Å². The van der Waals surface area contributed by atoms with Crippen LogP contribution in [0.3, 0.4) is 0 Å². The molecule has 1 N–H and O–H groups in total. The van der Waals surface area contributed by atoms with E-state index in [1.807, 2.05) is 23.1 Å². The molecule has 2 amide bonds. The van der Waals surface area contributed by atoms with Crippen LogP contribution in [-0.4, -0.2) is 38.3 Å². The van der Waals surface area contributed by atoms with Crippen molar-refractivity contribution in [3.8, 4) is 5.69 Å². The highest BCUT2D eigenvalue weighted by Gasteiger charge is 2.19. The zero-order valence-corrected chi connectivity index (χ0v) is 16.6. The molecule has 2 aromatic carbocycles. The number of piperidine rings is 1. The van der Waals surface area contributed by atoms with Gasteiger partial charge in [0.05, 0.1) is 11.4 Å². The van der Waals surface area contributed by atoms with Crippen LogP contribution in [0.4, 0.5) is 10.1 Å². The molecule has 7 nitrogen and oxygen atoms in total. The number of nitrogens with zero attached hydrogens (tertiary/aromatic N) is 4. The molecule has 0 unspecified atom stereocenters. The number of hydrogen-bond acceptors (Lipinski definition) is 4. The summed E-state index contributed by atoms with van der Waals surface area (Å²) in [5.41, 5.74) is 2.94. The molecule has 0 spiro atoms. The highest BCUT2D eigenvalue weighted by Crippen LogP contribution is 2.19. The molecular weight excluding hydrogens is 385 g/mol. The van der Waals surface area contributed by atoms with Crippen molar-refractivity contribution in [2.24, 2.45) is 0 Å². The van der Waals surface area contributed by atoms with Gasteiger partial charge < -0.3 is 10.2 Å². The molecule has 1 aliphatic rings. The van der Waals surface area contributed by atoms with Gasteiger partial charge in [-0.05, 0) is 61.7 Å². The van der Waals surface area contributed by atoms with Gasteiger partial charge in [0, 0.05) is 25.2 Å². The molecular formula is C22H22FN5O2. The minimum Gasteiger partial charge on any atom is -0.338 e. The molecule has 1 aromatic heterocycles. The summed E-state index contributed by atoms with van der Waals surface area (Å²) in [5, 5.41) is 10.9. The molecule has 0 atom stereocenters. The quantitative estimate of drug-likeness (QED) is 0.702. The van der Waals surface area contributed by atoms with E-state index in [9.17, 15) is 14.0 Å². The van der Waals surface area contributed by atoms with E-state index in [1.54, 1.807) is 25.1 Å². The minimum atomic E-state index is -0.382. The Morgan fingerprint density at radius 3 is 2.73 bits per heavy atom. The van der Waals surface area contributed by atoms with Gasteiger partial charge >= 0.3 is 0 Å². The van der Waals surface area contributed by atoms with E-state index in [0.717, 1.165) is 24.9 Å². The van der Waals surface area contributed by atoms with Crippen molar-refractivity contribution >= 4 is 17.5 Å². The van der Waals surface area contributed by atoms with Crippen molar-refractivity contribution in [3.05, 3.63) is 71.3 Å². The summed E-state index contributed by atoms with van der Waals surface area (Å²) in [6.45, 7) is 3.03. The summed E-state index contributed by atoms with van der Waals surface area (Å²) in [7, 11) is 0. The molecule has 154 valence electrons. The van der Waals surface area contributed by atoms with Crippen LogP contribution >= 0.6 is 0 Å². The predicted molar refractivity (Wildman–Crippen MR) is 110 cm³/mol. The minimum absolute atomic E-state index is 0.170. The van der Waals surface area contributed by atoms with Crippen molar-refractivity contribution in [1.82, 2.24) is 19.9 Å². The van der Waals surface area contributed by atoms with Crippen LogP contribution in [0.2, 0.25) is 0 Å². The van der Waals surface area contributed by atoms with Gasteiger partial charge in [-0.3, -0.25) is 9.59 Å². The van der Waals surface area contributed by atoms with E-state index in [4.69, 9.17) is 0 Å². The van der Waals surface area contributed by atoms with E-state index in [1.165, 1.54) is 16.8 Å². The number of halogens is 1. The third-order valence-corrected chi connectivity index (χ3v) is 5.16. The van der Waals surface area contributed by atoms with Crippen molar-refractivity contribution in [2.75, 3.05) is 11.9 Å². The van der Waals surface area contributed by atoms with Gasteiger partial charge in [-0.15, -0.1) is 5.10 Å². The molecule has 4 rings (SSSR count). The molecule has 0 saturated carbocycles.